The number of likely N-dealkylation sites (N-methyl/N-ethyl adjacent to an activating group) is 1. The highest BCUT2D eigenvalue weighted by Crippen LogP contribution is 2.39. The predicted molar refractivity (Wildman–Crippen MR) is 105 cm³/mol. The number of nitrogens with zero attached hydrogens (tertiary/aromatic N) is 2. The van der Waals surface area contributed by atoms with Crippen LogP contribution in [0.5, 0.6) is 0 Å². The minimum Gasteiger partial charge on any atom is -0.507 e. The molecule has 5 nitrogen and oxygen atoms in total. The largest absolute Gasteiger partial charge is 0.507 e. The first-order chi connectivity index (χ1) is 12.9. The highest BCUT2D eigenvalue weighted by molar-refractivity contribution is 6.46. The molecule has 1 amide bonds. The number of hydrogen-bond donors (Lipinski definition) is 1. The molecule has 1 unspecified atom stereocenters. The van der Waals surface area contributed by atoms with Crippen LogP contribution in [0.1, 0.15) is 17.2 Å². The van der Waals surface area contributed by atoms with E-state index in [1.807, 2.05) is 49.3 Å². The first-order valence-electron chi connectivity index (χ1n) is 8.64. The van der Waals surface area contributed by atoms with Gasteiger partial charge >= 0.3 is 0 Å². The molecule has 1 saturated heterocycles. The molecule has 1 N–H and O–H groups in total. The third-order valence-corrected chi connectivity index (χ3v) is 4.81. The van der Waals surface area contributed by atoms with Gasteiger partial charge in [0.25, 0.3) is 11.7 Å². The smallest absolute Gasteiger partial charge is 0.295 e. The molecular formula is C21H21ClN2O3. The zero-order valence-corrected chi connectivity index (χ0v) is 16.0. The fraction of sp³-hybridized carbons (Fsp3) is 0.238. The van der Waals surface area contributed by atoms with Crippen molar-refractivity contribution in [2.45, 2.75) is 6.04 Å². The maximum Gasteiger partial charge on any atom is 0.295 e. The normalized spacial score (nSPS) is 19.1. The Hall–Kier alpha value is -2.63. The molecule has 1 heterocycles. The summed E-state index contributed by atoms with van der Waals surface area (Å²) in [5.74, 6) is -1.46. The first kappa shape index (κ1) is 19.1. The fourth-order valence-corrected chi connectivity index (χ4v) is 3.29. The minimum absolute atomic E-state index is 0.104. The van der Waals surface area contributed by atoms with Crippen LogP contribution in [0.15, 0.2) is 60.2 Å². The number of carbonyl (C=O) groups excluding carboxylic acids is 2. The Morgan fingerprint density at radius 3 is 2.30 bits per heavy atom. The summed E-state index contributed by atoms with van der Waals surface area (Å²) in [6.07, 6.45) is 0. The number of carbonyl (C=O) groups is 2. The average Bonchev–Trinajstić information content (AvgIpc) is 2.91. The quantitative estimate of drug-likeness (QED) is 0.488. The Morgan fingerprint density at radius 2 is 1.70 bits per heavy atom. The zero-order valence-electron chi connectivity index (χ0n) is 15.2. The van der Waals surface area contributed by atoms with E-state index in [9.17, 15) is 14.7 Å². The van der Waals surface area contributed by atoms with Gasteiger partial charge < -0.3 is 14.9 Å². The van der Waals surface area contributed by atoms with Gasteiger partial charge in [-0.15, -0.1) is 0 Å². The molecule has 1 atom stereocenters. The van der Waals surface area contributed by atoms with E-state index in [0.29, 0.717) is 23.7 Å². The number of ketones is 1. The van der Waals surface area contributed by atoms with Gasteiger partial charge in [-0.2, -0.15) is 0 Å². The van der Waals surface area contributed by atoms with E-state index in [2.05, 4.69) is 0 Å². The van der Waals surface area contributed by atoms with Crippen molar-refractivity contribution in [1.29, 1.82) is 0 Å². The van der Waals surface area contributed by atoms with Crippen molar-refractivity contribution >= 4 is 29.1 Å². The molecule has 140 valence electrons. The van der Waals surface area contributed by atoms with Gasteiger partial charge in [-0.3, -0.25) is 9.59 Å². The molecule has 3 rings (SSSR count). The van der Waals surface area contributed by atoms with Crippen LogP contribution in [0.3, 0.4) is 0 Å². The molecular weight excluding hydrogens is 364 g/mol. The van der Waals surface area contributed by atoms with E-state index in [4.69, 9.17) is 11.6 Å². The van der Waals surface area contributed by atoms with Crippen LogP contribution >= 0.6 is 11.6 Å². The van der Waals surface area contributed by atoms with Gasteiger partial charge in [-0.05, 0) is 43.9 Å². The molecule has 0 aliphatic carbocycles. The Labute approximate surface area is 163 Å². The van der Waals surface area contributed by atoms with Crippen molar-refractivity contribution < 1.29 is 14.7 Å². The number of aliphatic hydroxyl groups excluding tert-OH is 1. The highest BCUT2D eigenvalue weighted by Gasteiger charge is 2.45. The number of hydrogen-bond acceptors (Lipinski definition) is 4. The molecule has 0 bridgehead atoms. The number of benzene rings is 2. The van der Waals surface area contributed by atoms with Crippen molar-refractivity contribution in [1.82, 2.24) is 9.80 Å². The Bertz CT molecular complexity index is 876. The van der Waals surface area contributed by atoms with E-state index in [-0.39, 0.29) is 11.3 Å². The second kappa shape index (κ2) is 7.94. The van der Waals surface area contributed by atoms with E-state index in [1.54, 1.807) is 24.3 Å². The fourth-order valence-electron chi connectivity index (χ4n) is 3.16. The van der Waals surface area contributed by atoms with E-state index >= 15 is 0 Å². The third kappa shape index (κ3) is 3.89. The van der Waals surface area contributed by atoms with Crippen molar-refractivity contribution in [3.05, 3.63) is 76.3 Å². The number of rotatable bonds is 5. The first-order valence-corrected chi connectivity index (χ1v) is 9.02. The maximum atomic E-state index is 12.8. The van der Waals surface area contributed by atoms with Gasteiger partial charge in [0, 0.05) is 23.7 Å². The lowest BCUT2D eigenvalue weighted by molar-refractivity contribution is -0.140. The molecule has 2 aromatic carbocycles. The zero-order chi connectivity index (χ0) is 19.6. The van der Waals surface area contributed by atoms with Crippen LogP contribution in [0.4, 0.5) is 0 Å². The number of halogens is 1. The number of likely N-dealkylation sites (tertiary alicyclic amines) is 1. The molecule has 1 fully saturated rings. The molecule has 0 saturated carbocycles. The molecule has 1 aliphatic heterocycles. The van der Waals surface area contributed by atoms with Gasteiger partial charge in [-0.1, -0.05) is 41.9 Å². The molecule has 6 heteroatoms. The lowest BCUT2D eigenvalue weighted by Gasteiger charge is -2.26. The van der Waals surface area contributed by atoms with Gasteiger partial charge in [0.1, 0.15) is 5.76 Å². The van der Waals surface area contributed by atoms with Crippen LogP contribution < -0.4 is 0 Å². The maximum absolute atomic E-state index is 12.8. The van der Waals surface area contributed by atoms with E-state index in [0.717, 1.165) is 5.56 Å². The number of amides is 1. The van der Waals surface area contributed by atoms with Crippen molar-refractivity contribution in [2.24, 2.45) is 0 Å². The van der Waals surface area contributed by atoms with E-state index < -0.39 is 17.7 Å². The highest BCUT2D eigenvalue weighted by atomic mass is 35.5. The molecule has 27 heavy (non-hydrogen) atoms. The lowest BCUT2D eigenvalue weighted by Crippen LogP contribution is -2.35. The summed E-state index contributed by atoms with van der Waals surface area (Å²) in [5.41, 5.74) is 1.34. The predicted octanol–water partition coefficient (Wildman–Crippen LogP) is 3.32. The number of Topliss-reactive ketones (excluding diaryl/α,β-unsaturated/α-hetero) is 1. The molecule has 0 radical (unpaired) electrons. The Balaban J connectivity index is 2.12. The standard InChI is InChI=1S/C21H21ClN2O3/c1-23(2)12-13-24-18(14-6-4-3-5-7-14)17(20(26)21(24)27)19(25)15-8-10-16(22)11-9-15/h3-11,18,25H,12-13H2,1-2H3/b19-17-. The van der Waals surface area contributed by atoms with Crippen molar-refractivity contribution in [2.75, 3.05) is 27.2 Å². The average molecular weight is 385 g/mol. The second-order valence-corrected chi connectivity index (χ2v) is 7.15. The van der Waals surface area contributed by atoms with Crippen LogP contribution in [-0.4, -0.2) is 53.8 Å². The summed E-state index contributed by atoms with van der Waals surface area (Å²) in [7, 11) is 3.81. The Kier molecular flexibility index (Phi) is 5.63. The summed E-state index contributed by atoms with van der Waals surface area (Å²) < 4.78 is 0. The summed E-state index contributed by atoms with van der Waals surface area (Å²) in [6, 6.07) is 15.2. The van der Waals surface area contributed by atoms with Crippen LogP contribution in [0, 0.1) is 0 Å². The van der Waals surface area contributed by atoms with Crippen LogP contribution in [0.25, 0.3) is 5.76 Å². The molecule has 0 spiro atoms. The monoisotopic (exact) mass is 384 g/mol. The molecule has 2 aromatic rings. The third-order valence-electron chi connectivity index (χ3n) is 4.56. The van der Waals surface area contributed by atoms with Gasteiger partial charge in [0.15, 0.2) is 0 Å². The lowest BCUT2D eigenvalue weighted by atomic mass is 9.95. The SMILES string of the molecule is CN(C)CCN1C(=O)C(=O)/C(=C(\O)c2ccc(Cl)cc2)C1c1ccccc1. The topological polar surface area (TPSA) is 60.9 Å². The van der Waals surface area contributed by atoms with Crippen LogP contribution in [-0.2, 0) is 9.59 Å². The summed E-state index contributed by atoms with van der Waals surface area (Å²) in [4.78, 5) is 28.9. The van der Waals surface area contributed by atoms with Gasteiger partial charge in [0.2, 0.25) is 0 Å². The molecule has 0 aromatic heterocycles. The van der Waals surface area contributed by atoms with E-state index in [1.165, 1.54) is 4.90 Å². The molecule has 1 aliphatic rings. The number of aliphatic hydroxyl groups is 1. The summed E-state index contributed by atoms with van der Waals surface area (Å²) in [5, 5.41) is 11.4. The van der Waals surface area contributed by atoms with Crippen molar-refractivity contribution in [3.63, 3.8) is 0 Å². The van der Waals surface area contributed by atoms with Crippen molar-refractivity contribution in [3.8, 4) is 0 Å². The summed E-state index contributed by atoms with van der Waals surface area (Å²) in [6.45, 7) is 0.992. The second-order valence-electron chi connectivity index (χ2n) is 6.71. The Morgan fingerprint density at radius 1 is 1.07 bits per heavy atom. The van der Waals surface area contributed by atoms with Gasteiger partial charge in [0.05, 0.1) is 11.6 Å². The minimum atomic E-state index is -0.671. The van der Waals surface area contributed by atoms with Gasteiger partial charge in [-0.25, -0.2) is 0 Å². The van der Waals surface area contributed by atoms with Crippen LogP contribution in [0.2, 0.25) is 5.02 Å². The summed E-state index contributed by atoms with van der Waals surface area (Å²) >= 11 is 5.91.